The second-order valence-corrected chi connectivity index (χ2v) is 4.46. The Hall–Kier alpha value is -1.36. The van der Waals surface area contributed by atoms with Crippen LogP contribution in [0.25, 0.3) is 0 Å². The molecule has 0 atom stereocenters. The van der Waals surface area contributed by atoms with Crippen LogP contribution >= 0.6 is 0 Å². The molecule has 13 heavy (non-hydrogen) atoms. The van der Waals surface area contributed by atoms with Crippen LogP contribution in [0.3, 0.4) is 0 Å². The van der Waals surface area contributed by atoms with Crippen molar-refractivity contribution in [2.75, 3.05) is 5.75 Å². The molecular weight excluding hydrogens is 194 g/mol. The fourth-order valence-electron chi connectivity index (χ4n) is 0.874. The number of hydrogen-bond donors (Lipinski definition) is 1. The van der Waals surface area contributed by atoms with E-state index in [2.05, 4.69) is 0 Å². The molecule has 0 spiro atoms. The fourth-order valence-corrected chi connectivity index (χ4v) is 1.94. The van der Waals surface area contributed by atoms with E-state index in [0.717, 1.165) is 0 Å². The summed E-state index contributed by atoms with van der Waals surface area (Å²) in [6, 6.07) is 7.51. The third kappa shape index (κ3) is 2.55. The van der Waals surface area contributed by atoms with Gasteiger partial charge < -0.3 is 5.11 Å². The van der Waals surface area contributed by atoms with Gasteiger partial charge in [-0.1, -0.05) is 18.2 Å². The van der Waals surface area contributed by atoms with E-state index < -0.39 is 21.6 Å². The maximum atomic E-state index is 11.3. The maximum absolute atomic E-state index is 11.3. The minimum Gasteiger partial charge on any atom is -0.480 e. The van der Waals surface area contributed by atoms with Crippen molar-refractivity contribution >= 4 is 15.8 Å². The Labute approximate surface area is 75.7 Å². The first-order valence-corrected chi connectivity index (χ1v) is 5.17. The number of carbonyl (C=O) groups is 1. The van der Waals surface area contributed by atoms with Gasteiger partial charge in [0.05, 0.1) is 4.90 Å². The molecule has 0 heterocycles. The van der Waals surface area contributed by atoms with Crippen molar-refractivity contribution in [3.63, 3.8) is 0 Å². The van der Waals surface area contributed by atoms with Crippen LogP contribution in [0.5, 0.6) is 0 Å². The highest BCUT2D eigenvalue weighted by atomic mass is 32.2. The van der Waals surface area contributed by atoms with Gasteiger partial charge in [-0.05, 0) is 12.1 Å². The average molecular weight is 202 g/mol. The predicted molar refractivity (Wildman–Crippen MR) is 46.1 cm³/mol. The third-order valence-electron chi connectivity index (χ3n) is 1.42. The van der Waals surface area contributed by atoms with Gasteiger partial charge >= 0.3 is 5.97 Å². The van der Waals surface area contributed by atoms with Gasteiger partial charge in [0.1, 0.15) is 0 Å². The standard InChI is InChI=1S/C8H8O4S/c9-8(10)6-13(11,12)7-4-2-1-3-5-7/h1-5H,6H2,(H,9,10)/i6+1,8+1. The summed E-state index contributed by atoms with van der Waals surface area (Å²) in [7, 11) is -3.66. The lowest BCUT2D eigenvalue weighted by Gasteiger charge is -1.99. The van der Waals surface area contributed by atoms with E-state index in [1.807, 2.05) is 0 Å². The van der Waals surface area contributed by atoms with Gasteiger partial charge in [0.25, 0.3) is 0 Å². The van der Waals surface area contributed by atoms with E-state index in [1.54, 1.807) is 18.2 Å². The van der Waals surface area contributed by atoms with E-state index in [-0.39, 0.29) is 4.90 Å². The first-order chi connectivity index (χ1) is 6.02. The van der Waals surface area contributed by atoms with Crippen LogP contribution < -0.4 is 0 Å². The monoisotopic (exact) mass is 202 g/mol. The first-order valence-electron chi connectivity index (χ1n) is 3.52. The molecule has 0 amide bonds. The molecule has 0 aromatic heterocycles. The number of hydrogen-bond acceptors (Lipinski definition) is 3. The van der Waals surface area contributed by atoms with E-state index >= 15 is 0 Å². The van der Waals surface area contributed by atoms with Crippen molar-refractivity contribution in [1.82, 2.24) is 0 Å². The molecule has 5 heteroatoms. The predicted octanol–water partition coefficient (Wildman–Crippen LogP) is 0.545. The lowest BCUT2D eigenvalue weighted by atomic mass is 10.4. The van der Waals surface area contributed by atoms with Gasteiger partial charge in [-0.2, -0.15) is 0 Å². The molecule has 0 aliphatic carbocycles. The smallest absolute Gasteiger partial charge is 0.319 e. The Morgan fingerprint density at radius 2 is 1.77 bits per heavy atom. The topological polar surface area (TPSA) is 71.4 Å². The Bertz CT molecular complexity index is 393. The molecule has 0 saturated carbocycles. The Balaban J connectivity index is 3.02. The zero-order chi connectivity index (χ0) is 9.90. The van der Waals surface area contributed by atoms with E-state index in [1.165, 1.54) is 12.1 Å². The van der Waals surface area contributed by atoms with Gasteiger partial charge in [-0.3, -0.25) is 4.79 Å². The van der Waals surface area contributed by atoms with Crippen LogP contribution in [0.15, 0.2) is 35.2 Å². The number of benzene rings is 1. The van der Waals surface area contributed by atoms with Gasteiger partial charge in [0.15, 0.2) is 15.6 Å². The molecule has 0 aliphatic heterocycles. The van der Waals surface area contributed by atoms with Crippen molar-refractivity contribution in [2.45, 2.75) is 4.90 Å². The molecule has 0 unspecified atom stereocenters. The normalized spacial score (nSPS) is 11.1. The molecule has 1 rings (SSSR count). The Kier molecular flexibility index (Phi) is 2.67. The summed E-state index contributed by atoms with van der Waals surface area (Å²) in [6.45, 7) is 0. The summed E-state index contributed by atoms with van der Waals surface area (Å²) >= 11 is 0. The summed E-state index contributed by atoms with van der Waals surface area (Å²) in [4.78, 5) is 10.2. The minimum atomic E-state index is -3.66. The second kappa shape index (κ2) is 3.57. The Morgan fingerprint density at radius 1 is 1.23 bits per heavy atom. The summed E-state index contributed by atoms with van der Waals surface area (Å²) in [5.41, 5.74) is 0. The van der Waals surface area contributed by atoms with Crippen LogP contribution in [0.1, 0.15) is 0 Å². The highest BCUT2D eigenvalue weighted by molar-refractivity contribution is 7.92. The van der Waals surface area contributed by atoms with Crippen molar-refractivity contribution in [3.05, 3.63) is 30.3 Å². The van der Waals surface area contributed by atoms with Gasteiger partial charge in [-0.15, -0.1) is 0 Å². The zero-order valence-corrected chi connectivity index (χ0v) is 7.49. The van der Waals surface area contributed by atoms with Crippen molar-refractivity contribution < 1.29 is 18.3 Å². The highest BCUT2D eigenvalue weighted by Gasteiger charge is 2.17. The van der Waals surface area contributed by atoms with Crippen LogP contribution in [-0.2, 0) is 14.6 Å². The van der Waals surface area contributed by atoms with E-state index in [9.17, 15) is 13.2 Å². The van der Waals surface area contributed by atoms with Crippen LogP contribution in [0.2, 0.25) is 0 Å². The number of sulfone groups is 1. The molecule has 0 saturated heterocycles. The summed E-state index contributed by atoms with van der Waals surface area (Å²) < 4.78 is 22.5. The molecule has 4 nitrogen and oxygen atoms in total. The summed E-state index contributed by atoms with van der Waals surface area (Å²) in [5, 5.41) is 8.33. The zero-order valence-electron chi connectivity index (χ0n) is 6.67. The van der Waals surface area contributed by atoms with Crippen LogP contribution in [0, 0.1) is 0 Å². The largest absolute Gasteiger partial charge is 0.480 e. The average Bonchev–Trinajstić information content (AvgIpc) is 2.04. The second-order valence-electron chi connectivity index (χ2n) is 2.47. The van der Waals surface area contributed by atoms with E-state index in [0.29, 0.717) is 0 Å². The molecule has 0 aliphatic rings. The van der Waals surface area contributed by atoms with Crippen molar-refractivity contribution in [1.29, 1.82) is 0 Å². The third-order valence-corrected chi connectivity index (χ3v) is 3.03. The first kappa shape index (κ1) is 9.73. The molecular formula is C8H8O4S. The molecule has 70 valence electrons. The molecule has 1 aromatic rings. The quantitative estimate of drug-likeness (QED) is 0.726. The van der Waals surface area contributed by atoms with Crippen molar-refractivity contribution in [3.8, 4) is 0 Å². The minimum absolute atomic E-state index is 0.0393. The summed E-state index contributed by atoms with van der Waals surface area (Å²) in [5.74, 6) is -2.21. The lowest BCUT2D eigenvalue weighted by molar-refractivity contribution is -0.134. The Morgan fingerprint density at radius 3 is 2.23 bits per heavy atom. The molecule has 0 fully saturated rings. The molecule has 0 radical (unpaired) electrons. The molecule has 0 bridgehead atoms. The highest BCUT2D eigenvalue weighted by Crippen LogP contribution is 2.09. The van der Waals surface area contributed by atoms with Crippen LogP contribution in [-0.4, -0.2) is 25.2 Å². The number of aliphatic carboxylic acids is 1. The van der Waals surface area contributed by atoms with Crippen molar-refractivity contribution in [2.24, 2.45) is 0 Å². The number of rotatable bonds is 3. The van der Waals surface area contributed by atoms with Gasteiger partial charge in [0.2, 0.25) is 0 Å². The fraction of sp³-hybridized carbons (Fsp3) is 0.125. The lowest BCUT2D eigenvalue weighted by Crippen LogP contribution is -2.15. The number of carboxylic acids is 1. The molecule has 1 N–H and O–H groups in total. The van der Waals surface area contributed by atoms with Gasteiger partial charge in [-0.25, -0.2) is 8.42 Å². The summed E-state index contributed by atoms with van der Waals surface area (Å²) in [6.07, 6.45) is 0. The maximum Gasteiger partial charge on any atom is 0.319 e. The molecule has 1 aromatic carbocycles. The van der Waals surface area contributed by atoms with Crippen LogP contribution in [0.4, 0.5) is 0 Å². The number of carboxylic acid groups (broad SMARTS) is 1. The van der Waals surface area contributed by atoms with E-state index in [4.69, 9.17) is 5.11 Å². The van der Waals surface area contributed by atoms with Gasteiger partial charge in [0, 0.05) is 0 Å². The SMILES string of the molecule is O=[13C](O)[13CH2]S(=O)(=O)c1ccccc1.